The van der Waals surface area contributed by atoms with Crippen molar-refractivity contribution in [1.29, 1.82) is 0 Å². The second-order valence-electron chi connectivity index (χ2n) is 2.86. The molecule has 13 heavy (non-hydrogen) atoms. The predicted octanol–water partition coefficient (Wildman–Crippen LogP) is 0.285. The average molecular weight is 177 g/mol. The van der Waals surface area contributed by atoms with Gasteiger partial charge in [0.15, 0.2) is 0 Å². The molecule has 0 atom stereocenters. The van der Waals surface area contributed by atoms with E-state index in [2.05, 4.69) is 5.10 Å². The van der Waals surface area contributed by atoms with Gasteiger partial charge in [0, 0.05) is 23.9 Å². The van der Waals surface area contributed by atoms with Gasteiger partial charge < -0.3 is 10.8 Å². The van der Waals surface area contributed by atoms with Crippen molar-refractivity contribution in [3.63, 3.8) is 0 Å². The van der Waals surface area contributed by atoms with Gasteiger partial charge in [-0.05, 0) is 6.07 Å². The summed E-state index contributed by atoms with van der Waals surface area (Å²) in [4.78, 5) is 0. The molecule has 4 heteroatoms. The summed E-state index contributed by atoms with van der Waals surface area (Å²) in [6, 6.07) is 3.72. The van der Waals surface area contributed by atoms with Crippen LogP contribution < -0.4 is 5.73 Å². The Bertz CT molecular complexity index is 422. The molecule has 2 rings (SSSR count). The number of nitrogens with two attached hydrogens (primary N) is 1. The first-order valence-corrected chi connectivity index (χ1v) is 4.12. The summed E-state index contributed by atoms with van der Waals surface area (Å²) in [5.41, 5.74) is 8.30. The molecular formula is C9H11N3O. The number of nitrogens with zero attached hydrogens (tertiary/aromatic N) is 2. The van der Waals surface area contributed by atoms with Crippen molar-refractivity contribution >= 4 is 5.52 Å². The zero-order valence-corrected chi connectivity index (χ0v) is 7.14. The van der Waals surface area contributed by atoms with Crippen LogP contribution >= 0.6 is 0 Å². The number of hydrogen-bond donors (Lipinski definition) is 2. The van der Waals surface area contributed by atoms with Crippen molar-refractivity contribution in [2.75, 3.05) is 0 Å². The maximum Gasteiger partial charge on any atom is 0.0761 e. The van der Waals surface area contributed by atoms with Crippen LogP contribution in [0.1, 0.15) is 11.1 Å². The van der Waals surface area contributed by atoms with Gasteiger partial charge in [-0.25, -0.2) is 4.52 Å². The third-order valence-electron chi connectivity index (χ3n) is 2.09. The normalized spacial score (nSPS) is 10.9. The highest BCUT2D eigenvalue weighted by Crippen LogP contribution is 2.15. The van der Waals surface area contributed by atoms with Gasteiger partial charge in [0.2, 0.25) is 0 Å². The molecule has 0 amide bonds. The minimum absolute atomic E-state index is 0.0169. The summed E-state index contributed by atoms with van der Waals surface area (Å²) in [5, 5.41) is 13.2. The molecule has 0 aliphatic rings. The number of aliphatic hydroxyl groups is 1. The SMILES string of the molecule is NCc1cnn2cccc(CO)c12. The third-order valence-corrected chi connectivity index (χ3v) is 2.09. The highest BCUT2D eigenvalue weighted by Gasteiger charge is 2.05. The molecule has 0 aliphatic carbocycles. The first-order valence-electron chi connectivity index (χ1n) is 4.12. The maximum absolute atomic E-state index is 9.09. The fourth-order valence-electron chi connectivity index (χ4n) is 1.46. The molecule has 0 fully saturated rings. The Morgan fingerprint density at radius 1 is 1.46 bits per heavy atom. The minimum Gasteiger partial charge on any atom is -0.392 e. The summed E-state index contributed by atoms with van der Waals surface area (Å²) >= 11 is 0. The van der Waals surface area contributed by atoms with Crippen molar-refractivity contribution in [2.24, 2.45) is 5.73 Å². The van der Waals surface area contributed by atoms with E-state index < -0.39 is 0 Å². The monoisotopic (exact) mass is 177 g/mol. The molecule has 0 unspecified atom stereocenters. The Morgan fingerprint density at radius 2 is 2.31 bits per heavy atom. The first kappa shape index (κ1) is 8.22. The largest absolute Gasteiger partial charge is 0.392 e. The van der Waals surface area contributed by atoms with E-state index in [1.807, 2.05) is 18.3 Å². The average Bonchev–Trinajstić information content (AvgIpc) is 2.60. The molecule has 68 valence electrons. The molecule has 0 aromatic carbocycles. The van der Waals surface area contributed by atoms with Gasteiger partial charge in [-0.15, -0.1) is 0 Å². The Morgan fingerprint density at radius 3 is 3.00 bits per heavy atom. The van der Waals surface area contributed by atoms with E-state index in [1.54, 1.807) is 10.7 Å². The van der Waals surface area contributed by atoms with Crippen LogP contribution in [-0.2, 0) is 13.2 Å². The summed E-state index contributed by atoms with van der Waals surface area (Å²) in [5.74, 6) is 0. The fraction of sp³-hybridized carbons (Fsp3) is 0.222. The lowest BCUT2D eigenvalue weighted by Crippen LogP contribution is -1.98. The van der Waals surface area contributed by atoms with Crippen molar-refractivity contribution < 1.29 is 5.11 Å². The lowest BCUT2D eigenvalue weighted by atomic mass is 10.2. The van der Waals surface area contributed by atoms with Gasteiger partial charge >= 0.3 is 0 Å². The van der Waals surface area contributed by atoms with E-state index in [0.29, 0.717) is 6.54 Å². The van der Waals surface area contributed by atoms with Gasteiger partial charge in [0.1, 0.15) is 0 Å². The molecule has 0 saturated carbocycles. The lowest BCUT2D eigenvalue weighted by molar-refractivity contribution is 0.283. The van der Waals surface area contributed by atoms with Gasteiger partial charge in [-0.1, -0.05) is 6.07 Å². The fourth-order valence-corrected chi connectivity index (χ4v) is 1.46. The number of pyridine rings is 1. The molecule has 0 radical (unpaired) electrons. The van der Waals surface area contributed by atoms with Crippen LogP contribution in [0.5, 0.6) is 0 Å². The predicted molar refractivity (Wildman–Crippen MR) is 49.0 cm³/mol. The molecule has 0 bridgehead atoms. The summed E-state index contributed by atoms with van der Waals surface area (Å²) in [6.45, 7) is 0.462. The van der Waals surface area contributed by atoms with E-state index >= 15 is 0 Å². The standard InChI is InChI=1S/C9H11N3O/c10-4-8-5-11-12-3-1-2-7(6-13)9(8)12/h1-3,5,13H,4,6,10H2. The number of fused-ring (bicyclic) bond motifs is 1. The van der Waals surface area contributed by atoms with Crippen LogP contribution in [0, 0.1) is 0 Å². The number of rotatable bonds is 2. The molecular weight excluding hydrogens is 166 g/mol. The molecule has 2 heterocycles. The minimum atomic E-state index is 0.0169. The zero-order chi connectivity index (χ0) is 9.26. The summed E-state index contributed by atoms with van der Waals surface area (Å²) in [6.07, 6.45) is 3.57. The number of hydrogen-bond acceptors (Lipinski definition) is 3. The summed E-state index contributed by atoms with van der Waals surface area (Å²) < 4.78 is 1.73. The first-order chi connectivity index (χ1) is 6.36. The Balaban J connectivity index is 2.76. The quantitative estimate of drug-likeness (QED) is 0.692. The molecule has 4 nitrogen and oxygen atoms in total. The molecule has 0 spiro atoms. The van der Waals surface area contributed by atoms with Crippen molar-refractivity contribution in [3.05, 3.63) is 35.7 Å². The Kier molecular flexibility index (Phi) is 2.00. The van der Waals surface area contributed by atoms with Crippen LogP contribution in [-0.4, -0.2) is 14.7 Å². The Labute approximate surface area is 75.6 Å². The lowest BCUT2D eigenvalue weighted by Gasteiger charge is -2.01. The van der Waals surface area contributed by atoms with E-state index in [9.17, 15) is 0 Å². The van der Waals surface area contributed by atoms with E-state index in [-0.39, 0.29) is 6.61 Å². The molecule has 2 aromatic rings. The molecule has 0 saturated heterocycles. The van der Waals surface area contributed by atoms with Crippen LogP contribution in [0.15, 0.2) is 24.5 Å². The third kappa shape index (κ3) is 1.20. The molecule has 0 aliphatic heterocycles. The second kappa shape index (κ2) is 3.16. The smallest absolute Gasteiger partial charge is 0.0761 e. The van der Waals surface area contributed by atoms with Gasteiger partial charge in [-0.2, -0.15) is 5.10 Å². The second-order valence-corrected chi connectivity index (χ2v) is 2.86. The van der Waals surface area contributed by atoms with Crippen LogP contribution in [0.3, 0.4) is 0 Å². The van der Waals surface area contributed by atoms with E-state index in [4.69, 9.17) is 10.8 Å². The van der Waals surface area contributed by atoms with E-state index in [1.165, 1.54) is 0 Å². The van der Waals surface area contributed by atoms with Crippen molar-refractivity contribution in [1.82, 2.24) is 9.61 Å². The topological polar surface area (TPSA) is 63.5 Å². The number of aliphatic hydroxyl groups excluding tert-OH is 1. The van der Waals surface area contributed by atoms with Crippen molar-refractivity contribution in [3.8, 4) is 0 Å². The van der Waals surface area contributed by atoms with Gasteiger partial charge in [0.05, 0.1) is 18.3 Å². The zero-order valence-electron chi connectivity index (χ0n) is 7.14. The van der Waals surface area contributed by atoms with Gasteiger partial charge in [-0.3, -0.25) is 0 Å². The number of aromatic nitrogens is 2. The van der Waals surface area contributed by atoms with Crippen LogP contribution in [0.2, 0.25) is 0 Å². The molecule has 2 aromatic heterocycles. The highest BCUT2D eigenvalue weighted by molar-refractivity contribution is 5.59. The van der Waals surface area contributed by atoms with Crippen LogP contribution in [0.25, 0.3) is 5.52 Å². The van der Waals surface area contributed by atoms with E-state index in [0.717, 1.165) is 16.6 Å². The Hall–Kier alpha value is -1.39. The highest BCUT2D eigenvalue weighted by atomic mass is 16.3. The van der Waals surface area contributed by atoms with Gasteiger partial charge in [0.25, 0.3) is 0 Å². The van der Waals surface area contributed by atoms with Crippen molar-refractivity contribution in [2.45, 2.75) is 13.2 Å². The maximum atomic E-state index is 9.09. The molecule has 3 N–H and O–H groups in total. The van der Waals surface area contributed by atoms with Crippen LogP contribution in [0.4, 0.5) is 0 Å². The summed E-state index contributed by atoms with van der Waals surface area (Å²) in [7, 11) is 0.